The largest absolute Gasteiger partial charge is 0.322 e. The molecule has 0 saturated carbocycles. The molecular weight excluding hydrogens is 462 g/mol. The van der Waals surface area contributed by atoms with Crippen LogP contribution in [0.25, 0.3) is 16.9 Å². The van der Waals surface area contributed by atoms with E-state index < -0.39 is 10.0 Å². The summed E-state index contributed by atoms with van der Waals surface area (Å²) in [6.07, 6.45) is 1.65. The molecule has 33 heavy (non-hydrogen) atoms. The molecule has 4 aromatic rings. The second-order valence-electron chi connectivity index (χ2n) is 7.35. The van der Waals surface area contributed by atoms with E-state index in [1.54, 1.807) is 59.4 Å². The van der Waals surface area contributed by atoms with Gasteiger partial charge < -0.3 is 5.32 Å². The van der Waals surface area contributed by atoms with Crippen molar-refractivity contribution in [3.63, 3.8) is 0 Å². The molecule has 0 atom stereocenters. The summed E-state index contributed by atoms with van der Waals surface area (Å²) in [6, 6.07) is 20.3. The van der Waals surface area contributed by atoms with Crippen molar-refractivity contribution in [2.45, 2.75) is 4.90 Å². The fourth-order valence-corrected chi connectivity index (χ4v) is 4.22. The minimum atomic E-state index is -3.60. The Balaban J connectivity index is 1.54. The van der Waals surface area contributed by atoms with E-state index >= 15 is 0 Å². The molecule has 1 N–H and O–H groups in total. The van der Waals surface area contributed by atoms with Crippen LogP contribution in [0, 0.1) is 0 Å². The molecule has 3 aromatic carbocycles. The molecule has 1 amide bonds. The van der Waals surface area contributed by atoms with Gasteiger partial charge in [0.2, 0.25) is 10.0 Å². The third-order valence-corrected chi connectivity index (χ3v) is 7.00. The van der Waals surface area contributed by atoms with Crippen LogP contribution in [-0.2, 0) is 10.0 Å². The van der Waals surface area contributed by atoms with Crippen LogP contribution in [0.3, 0.4) is 0 Å². The second kappa shape index (κ2) is 9.14. The van der Waals surface area contributed by atoms with Gasteiger partial charge in [0, 0.05) is 35.9 Å². The topological polar surface area (TPSA) is 97.2 Å². The van der Waals surface area contributed by atoms with Gasteiger partial charge in [-0.3, -0.25) is 4.79 Å². The highest BCUT2D eigenvalue weighted by atomic mass is 35.5. The fourth-order valence-electron chi connectivity index (χ4n) is 3.15. The number of halogens is 1. The summed E-state index contributed by atoms with van der Waals surface area (Å²) in [5.74, 6) is -0.363. The summed E-state index contributed by atoms with van der Waals surface area (Å²) in [7, 11) is -0.693. The lowest BCUT2D eigenvalue weighted by Crippen LogP contribution is -2.22. The van der Waals surface area contributed by atoms with Gasteiger partial charge in [-0.2, -0.15) is 0 Å². The summed E-state index contributed by atoms with van der Waals surface area (Å²) in [4.78, 5) is 12.8. The van der Waals surface area contributed by atoms with Gasteiger partial charge in [0.15, 0.2) is 0 Å². The maximum atomic E-state index is 12.7. The summed E-state index contributed by atoms with van der Waals surface area (Å²) in [5.41, 5.74) is 3.20. The third-order valence-electron chi connectivity index (χ3n) is 4.93. The summed E-state index contributed by atoms with van der Waals surface area (Å²) < 4.78 is 27.4. The number of nitrogens with one attached hydrogen (secondary N) is 1. The number of hydrogen-bond donors (Lipinski definition) is 1. The average molecular weight is 482 g/mol. The molecule has 168 valence electrons. The van der Waals surface area contributed by atoms with E-state index in [2.05, 4.69) is 15.6 Å². The summed E-state index contributed by atoms with van der Waals surface area (Å²) in [5, 5.41) is 11.5. The van der Waals surface area contributed by atoms with Crippen LogP contribution in [0.1, 0.15) is 10.4 Å². The van der Waals surface area contributed by atoms with Crippen molar-refractivity contribution in [3.8, 4) is 16.9 Å². The van der Waals surface area contributed by atoms with E-state index in [4.69, 9.17) is 11.6 Å². The normalized spacial score (nSPS) is 11.5. The van der Waals surface area contributed by atoms with E-state index in [1.807, 2.05) is 12.1 Å². The van der Waals surface area contributed by atoms with Crippen molar-refractivity contribution in [2.24, 2.45) is 0 Å². The van der Waals surface area contributed by atoms with Crippen molar-refractivity contribution in [1.29, 1.82) is 0 Å². The van der Waals surface area contributed by atoms with Crippen molar-refractivity contribution >= 4 is 33.2 Å². The van der Waals surface area contributed by atoms with Gasteiger partial charge in [0.05, 0.1) is 22.5 Å². The maximum Gasteiger partial charge on any atom is 0.255 e. The first-order chi connectivity index (χ1) is 15.8. The monoisotopic (exact) mass is 481 g/mol. The highest BCUT2D eigenvalue weighted by Gasteiger charge is 2.18. The van der Waals surface area contributed by atoms with Crippen molar-refractivity contribution in [2.75, 3.05) is 19.4 Å². The molecule has 0 aliphatic heterocycles. The number of benzene rings is 3. The number of carbonyl (C=O) groups is 1. The average Bonchev–Trinajstić information content (AvgIpc) is 3.29. The second-order valence-corrected chi connectivity index (χ2v) is 9.94. The maximum absolute atomic E-state index is 12.7. The molecule has 0 spiro atoms. The van der Waals surface area contributed by atoms with Crippen molar-refractivity contribution < 1.29 is 13.2 Å². The molecule has 1 aromatic heterocycles. The number of hydrogen-bond acceptors (Lipinski definition) is 5. The number of sulfonamides is 1. The SMILES string of the molecule is CN(C)S(=O)(=O)c1cccc(NC(=O)c2ccc(-n3nncc3-c3ccc(Cl)cc3)cc2)c1. The van der Waals surface area contributed by atoms with Crippen LogP contribution in [-0.4, -0.2) is 47.7 Å². The number of rotatable bonds is 6. The Labute approximate surface area is 196 Å². The van der Waals surface area contributed by atoms with Crippen LogP contribution in [0.15, 0.2) is 83.9 Å². The standard InChI is InChI=1S/C23H20ClN5O3S/c1-28(2)33(31,32)21-5-3-4-19(14-21)26-23(30)17-8-12-20(13-9-17)29-22(15-25-27-29)16-6-10-18(24)11-7-16/h3-15H,1-2H3,(H,26,30). The highest BCUT2D eigenvalue weighted by Crippen LogP contribution is 2.24. The van der Waals surface area contributed by atoms with E-state index in [1.165, 1.54) is 26.2 Å². The van der Waals surface area contributed by atoms with Crippen molar-refractivity contribution in [1.82, 2.24) is 19.3 Å². The van der Waals surface area contributed by atoms with Gasteiger partial charge in [-0.15, -0.1) is 5.10 Å². The molecule has 1 heterocycles. The minimum Gasteiger partial charge on any atom is -0.322 e. The minimum absolute atomic E-state index is 0.0987. The van der Waals surface area contributed by atoms with Crippen LogP contribution in [0.5, 0.6) is 0 Å². The third kappa shape index (κ3) is 4.80. The zero-order chi connectivity index (χ0) is 23.6. The number of amides is 1. The van der Waals surface area contributed by atoms with E-state index in [9.17, 15) is 13.2 Å². The molecule has 0 radical (unpaired) electrons. The Bertz CT molecular complexity index is 1400. The van der Waals surface area contributed by atoms with E-state index in [-0.39, 0.29) is 10.8 Å². The lowest BCUT2D eigenvalue weighted by atomic mass is 10.1. The molecule has 4 rings (SSSR count). The Hall–Kier alpha value is -3.53. The predicted octanol–water partition coefficient (Wildman–Crippen LogP) is 4.09. The molecule has 0 aliphatic carbocycles. The van der Waals surface area contributed by atoms with E-state index in [0.717, 1.165) is 21.2 Å². The zero-order valence-electron chi connectivity index (χ0n) is 17.8. The van der Waals surface area contributed by atoms with Gasteiger partial charge in [-0.25, -0.2) is 17.4 Å². The Morgan fingerprint density at radius 3 is 2.36 bits per heavy atom. The first-order valence-corrected chi connectivity index (χ1v) is 11.7. The van der Waals surface area contributed by atoms with Crippen LogP contribution >= 0.6 is 11.6 Å². The Kier molecular flexibility index (Phi) is 6.28. The molecule has 0 bridgehead atoms. The predicted molar refractivity (Wildman–Crippen MR) is 127 cm³/mol. The Morgan fingerprint density at radius 2 is 1.70 bits per heavy atom. The van der Waals surface area contributed by atoms with Gasteiger partial charge in [-0.1, -0.05) is 35.0 Å². The zero-order valence-corrected chi connectivity index (χ0v) is 19.4. The number of carbonyl (C=O) groups excluding carboxylic acids is 1. The van der Waals surface area contributed by atoms with Crippen LogP contribution < -0.4 is 5.32 Å². The highest BCUT2D eigenvalue weighted by molar-refractivity contribution is 7.89. The molecule has 0 fully saturated rings. The summed E-state index contributed by atoms with van der Waals surface area (Å²) in [6.45, 7) is 0. The Morgan fingerprint density at radius 1 is 1.00 bits per heavy atom. The van der Waals surface area contributed by atoms with Crippen LogP contribution in [0.2, 0.25) is 5.02 Å². The summed E-state index contributed by atoms with van der Waals surface area (Å²) >= 11 is 5.97. The van der Waals surface area contributed by atoms with Gasteiger partial charge >= 0.3 is 0 Å². The van der Waals surface area contributed by atoms with Crippen LogP contribution in [0.4, 0.5) is 5.69 Å². The number of anilines is 1. The molecular formula is C23H20ClN5O3S. The fraction of sp³-hybridized carbons (Fsp3) is 0.0870. The van der Waals surface area contributed by atoms with Gasteiger partial charge in [0.25, 0.3) is 5.91 Å². The van der Waals surface area contributed by atoms with Gasteiger partial charge in [0.1, 0.15) is 0 Å². The molecule has 0 saturated heterocycles. The molecule has 8 nitrogen and oxygen atoms in total. The first-order valence-electron chi connectivity index (χ1n) is 9.87. The van der Waals surface area contributed by atoms with Gasteiger partial charge in [-0.05, 0) is 54.6 Å². The number of nitrogens with zero attached hydrogens (tertiary/aromatic N) is 4. The number of aromatic nitrogens is 3. The smallest absolute Gasteiger partial charge is 0.255 e. The molecule has 10 heteroatoms. The molecule has 0 aliphatic rings. The lowest BCUT2D eigenvalue weighted by molar-refractivity contribution is 0.102. The lowest BCUT2D eigenvalue weighted by Gasteiger charge is -2.13. The first kappa shape index (κ1) is 22.7. The van der Waals surface area contributed by atoms with Crippen molar-refractivity contribution in [3.05, 3.63) is 89.6 Å². The molecule has 0 unspecified atom stereocenters. The quantitative estimate of drug-likeness (QED) is 0.447. The van der Waals surface area contributed by atoms with E-state index in [0.29, 0.717) is 16.3 Å².